The highest BCUT2D eigenvalue weighted by atomic mass is 16.5. The van der Waals surface area contributed by atoms with Gasteiger partial charge in [-0.2, -0.15) is 0 Å². The summed E-state index contributed by atoms with van der Waals surface area (Å²) in [6, 6.07) is 16.6. The summed E-state index contributed by atoms with van der Waals surface area (Å²) in [6.45, 7) is 0. The third kappa shape index (κ3) is 1.76. The zero-order valence-electron chi connectivity index (χ0n) is 9.61. The van der Waals surface area contributed by atoms with Crippen molar-refractivity contribution in [3.63, 3.8) is 0 Å². The molecule has 3 heteroatoms. The molecule has 0 saturated carbocycles. The first kappa shape index (κ1) is 10.6. The van der Waals surface area contributed by atoms with E-state index in [4.69, 9.17) is 4.74 Å². The zero-order chi connectivity index (χ0) is 12.4. The second-order valence-corrected chi connectivity index (χ2v) is 3.91. The van der Waals surface area contributed by atoms with E-state index in [0.29, 0.717) is 11.3 Å². The molecule has 0 fully saturated rings. The van der Waals surface area contributed by atoms with Crippen LogP contribution in [0.2, 0.25) is 0 Å². The Morgan fingerprint density at radius 3 is 2.50 bits per heavy atom. The van der Waals surface area contributed by atoms with Crippen molar-refractivity contribution >= 4 is 11.6 Å². The monoisotopic (exact) mass is 237 g/mol. The van der Waals surface area contributed by atoms with Gasteiger partial charge >= 0.3 is 0 Å². The van der Waals surface area contributed by atoms with Gasteiger partial charge in [0.2, 0.25) is 0 Å². The zero-order valence-corrected chi connectivity index (χ0v) is 9.61. The van der Waals surface area contributed by atoms with Gasteiger partial charge in [-0.3, -0.25) is 9.69 Å². The van der Waals surface area contributed by atoms with Gasteiger partial charge in [-0.05, 0) is 24.3 Å². The summed E-state index contributed by atoms with van der Waals surface area (Å²) in [4.78, 5) is 14.0. The van der Waals surface area contributed by atoms with E-state index in [9.17, 15) is 4.79 Å². The van der Waals surface area contributed by atoms with Crippen molar-refractivity contribution in [2.45, 2.75) is 0 Å². The van der Waals surface area contributed by atoms with E-state index in [2.05, 4.69) is 0 Å². The van der Waals surface area contributed by atoms with Crippen LogP contribution in [-0.4, -0.2) is 5.91 Å². The second-order valence-electron chi connectivity index (χ2n) is 3.91. The molecule has 1 aliphatic heterocycles. The molecule has 2 aromatic rings. The highest BCUT2D eigenvalue weighted by Gasteiger charge is 2.20. The molecule has 0 radical (unpaired) electrons. The number of carbonyl (C=O) groups excluding carboxylic acids is 1. The highest BCUT2D eigenvalue weighted by molar-refractivity contribution is 6.08. The van der Waals surface area contributed by atoms with E-state index in [1.807, 2.05) is 42.5 Å². The molecule has 0 bridgehead atoms. The summed E-state index contributed by atoms with van der Waals surface area (Å²) in [5, 5.41) is 0. The van der Waals surface area contributed by atoms with Crippen molar-refractivity contribution in [1.29, 1.82) is 0 Å². The maximum absolute atomic E-state index is 12.4. The predicted octanol–water partition coefficient (Wildman–Crippen LogP) is 3.20. The number of nitrogens with zero attached hydrogens (tertiary/aromatic N) is 1. The van der Waals surface area contributed by atoms with E-state index >= 15 is 0 Å². The average Bonchev–Trinajstić information content (AvgIpc) is 2.47. The minimum atomic E-state index is -0.0670. The quantitative estimate of drug-likeness (QED) is 0.762. The van der Waals surface area contributed by atoms with Crippen molar-refractivity contribution in [3.05, 3.63) is 72.6 Å². The van der Waals surface area contributed by atoms with Gasteiger partial charge in [-0.25, -0.2) is 0 Å². The molecule has 1 aliphatic rings. The maximum atomic E-state index is 12.4. The Morgan fingerprint density at radius 1 is 0.944 bits per heavy atom. The number of hydrogen-bond donors (Lipinski definition) is 0. The number of ether oxygens (including phenoxy) is 1. The van der Waals surface area contributed by atoms with Gasteiger partial charge in [0, 0.05) is 11.8 Å². The van der Waals surface area contributed by atoms with Crippen molar-refractivity contribution < 1.29 is 9.53 Å². The fourth-order valence-electron chi connectivity index (χ4n) is 1.90. The van der Waals surface area contributed by atoms with Crippen LogP contribution in [-0.2, 0) is 0 Å². The molecule has 0 saturated heterocycles. The third-order valence-electron chi connectivity index (χ3n) is 2.77. The van der Waals surface area contributed by atoms with Crippen LogP contribution < -0.4 is 9.64 Å². The number of carbonyl (C=O) groups is 1. The molecule has 1 amide bonds. The van der Waals surface area contributed by atoms with Crippen LogP contribution in [0, 0.1) is 0 Å². The lowest BCUT2D eigenvalue weighted by atomic mass is 10.1. The molecular formula is C15H11NO2. The van der Waals surface area contributed by atoms with Gasteiger partial charge < -0.3 is 4.74 Å². The summed E-state index contributed by atoms with van der Waals surface area (Å²) in [6.07, 6.45) is 3.15. The predicted molar refractivity (Wildman–Crippen MR) is 69.5 cm³/mol. The molecule has 0 atom stereocenters. The first-order valence-corrected chi connectivity index (χ1v) is 5.67. The summed E-state index contributed by atoms with van der Waals surface area (Å²) in [7, 11) is 0. The lowest BCUT2D eigenvalue weighted by Gasteiger charge is -2.24. The van der Waals surface area contributed by atoms with E-state index < -0.39 is 0 Å². The Bertz CT molecular complexity index is 605. The second kappa shape index (κ2) is 4.37. The first-order valence-electron chi connectivity index (χ1n) is 5.67. The van der Waals surface area contributed by atoms with Crippen molar-refractivity contribution in [2.75, 3.05) is 4.90 Å². The third-order valence-corrected chi connectivity index (χ3v) is 2.77. The Kier molecular flexibility index (Phi) is 2.57. The van der Waals surface area contributed by atoms with Crippen LogP contribution in [0.15, 0.2) is 67.1 Å². The fourth-order valence-corrected chi connectivity index (χ4v) is 1.90. The molecule has 0 aliphatic carbocycles. The molecule has 88 valence electrons. The number of hydrogen-bond acceptors (Lipinski definition) is 2. The number of benzene rings is 2. The molecule has 0 spiro atoms. The Labute approximate surface area is 105 Å². The van der Waals surface area contributed by atoms with E-state index in [-0.39, 0.29) is 5.91 Å². The summed E-state index contributed by atoms with van der Waals surface area (Å²) in [5.41, 5.74) is 1.41. The van der Waals surface area contributed by atoms with Gasteiger partial charge in [0.05, 0.1) is 5.69 Å². The number of anilines is 1. The van der Waals surface area contributed by atoms with Crippen LogP contribution in [0.4, 0.5) is 5.69 Å². The van der Waals surface area contributed by atoms with Crippen LogP contribution in [0.1, 0.15) is 10.4 Å². The molecule has 18 heavy (non-hydrogen) atoms. The van der Waals surface area contributed by atoms with Gasteiger partial charge in [0.25, 0.3) is 5.91 Å². The van der Waals surface area contributed by atoms with Crippen molar-refractivity contribution in [2.24, 2.45) is 0 Å². The molecule has 0 aromatic heterocycles. The molecule has 1 heterocycles. The molecule has 3 rings (SSSR count). The lowest BCUT2D eigenvalue weighted by Crippen LogP contribution is -2.27. The van der Waals surface area contributed by atoms with E-state index in [1.165, 1.54) is 6.26 Å². The minimum absolute atomic E-state index is 0.0670. The number of amides is 1. The van der Waals surface area contributed by atoms with Gasteiger partial charge in [0.15, 0.2) is 5.75 Å². The normalized spacial score (nSPS) is 12.8. The average molecular weight is 237 g/mol. The van der Waals surface area contributed by atoms with Crippen LogP contribution in [0.25, 0.3) is 0 Å². The Balaban J connectivity index is 2.00. The van der Waals surface area contributed by atoms with Crippen molar-refractivity contribution in [3.8, 4) is 5.75 Å². The Hall–Kier alpha value is -2.55. The number of rotatable bonds is 1. The molecule has 0 N–H and O–H groups in total. The largest absolute Gasteiger partial charge is 0.461 e. The standard InChI is InChI=1S/C15H11NO2/c17-15(12-6-2-1-3-7-12)16-10-11-18-14-9-5-4-8-13(14)16/h1-11H. The number of para-hydroxylation sites is 2. The smallest absolute Gasteiger partial charge is 0.262 e. The molecule has 0 unspecified atom stereocenters. The van der Waals surface area contributed by atoms with Gasteiger partial charge in [-0.1, -0.05) is 30.3 Å². The lowest BCUT2D eigenvalue weighted by molar-refractivity contribution is 0.0995. The van der Waals surface area contributed by atoms with Crippen LogP contribution >= 0.6 is 0 Å². The molecule has 2 aromatic carbocycles. The molecular weight excluding hydrogens is 226 g/mol. The van der Waals surface area contributed by atoms with Gasteiger partial charge in [-0.15, -0.1) is 0 Å². The van der Waals surface area contributed by atoms with E-state index in [1.54, 1.807) is 23.2 Å². The van der Waals surface area contributed by atoms with Gasteiger partial charge in [0.1, 0.15) is 6.26 Å². The summed E-state index contributed by atoms with van der Waals surface area (Å²) < 4.78 is 5.37. The van der Waals surface area contributed by atoms with E-state index in [0.717, 1.165) is 5.69 Å². The topological polar surface area (TPSA) is 29.5 Å². The maximum Gasteiger partial charge on any atom is 0.262 e. The molecule has 3 nitrogen and oxygen atoms in total. The van der Waals surface area contributed by atoms with Crippen LogP contribution in [0.3, 0.4) is 0 Å². The summed E-state index contributed by atoms with van der Waals surface area (Å²) in [5.74, 6) is 0.617. The summed E-state index contributed by atoms with van der Waals surface area (Å²) >= 11 is 0. The SMILES string of the molecule is O=C(c1ccccc1)N1C=COc2ccccc21. The minimum Gasteiger partial charge on any atom is -0.461 e. The van der Waals surface area contributed by atoms with Crippen molar-refractivity contribution in [1.82, 2.24) is 0 Å². The first-order chi connectivity index (χ1) is 8.86. The Morgan fingerprint density at radius 2 is 1.67 bits per heavy atom. The van der Waals surface area contributed by atoms with Crippen LogP contribution in [0.5, 0.6) is 5.75 Å². The fraction of sp³-hybridized carbons (Fsp3) is 0. The highest BCUT2D eigenvalue weighted by Crippen LogP contribution is 2.32. The number of fused-ring (bicyclic) bond motifs is 1.